The molecular formula is C23H25N5O5. The van der Waals surface area contributed by atoms with Crippen LogP contribution in [0, 0.1) is 0 Å². The largest absolute Gasteiger partial charge is 0.480 e. The van der Waals surface area contributed by atoms with Crippen molar-refractivity contribution in [2.75, 3.05) is 19.7 Å². The first-order chi connectivity index (χ1) is 16.0. The number of aliphatic carboxylic acids is 1. The highest BCUT2D eigenvalue weighted by Crippen LogP contribution is 2.44. The lowest BCUT2D eigenvalue weighted by Gasteiger charge is -2.17. The molecule has 0 aliphatic heterocycles. The minimum absolute atomic E-state index is 0.101. The average Bonchev–Trinajstić information content (AvgIpc) is 3.14. The third-order valence-corrected chi connectivity index (χ3v) is 5.45. The molecule has 0 heterocycles. The number of unbranched alkanes of at least 4 members (excludes halogenated alkanes) is 1. The van der Waals surface area contributed by atoms with Crippen molar-refractivity contribution in [3.8, 4) is 11.1 Å². The van der Waals surface area contributed by atoms with Crippen LogP contribution >= 0.6 is 0 Å². The van der Waals surface area contributed by atoms with Crippen LogP contribution in [0.25, 0.3) is 21.6 Å². The standard InChI is InChI=1S/C23H25N5O5/c24-28-26-13-21(29)25-12-6-5-11-20(22(30)31)27-23(32)33-14-19-17-9-3-1-7-15(17)16-8-2-4-10-18(16)19/h1-4,7-10,19-20H,5-6,11-14H2,(H,25,29)(H,27,32)(H,30,31)/t20-/m0/s1. The smallest absolute Gasteiger partial charge is 0.407 e. The Balaban J connectivity index is 1.47. The summed E-state index contributed by atoms with van der Waals surface area (Å²) in [7, 11) is 0. The molecule has 10 heteroatoms. The van der Waals surface area contributed by atoms with Crippen molar-refractivity contribution in [2.45, 2.75) is 31.2 Å². The van der Waals surface area contributed by atoms with Gasteiger partial charge in [0.15, 0.2) is 0 Å². The predicted molar refractivity (Wildman–Crippen MR) is 121 cm³/mol. The number of hydrogen-bond acceptors (Lipinski definition) is 5. The van der Waals surface area contributed by atoms with E-state index in [4.69, 9.17) is 10.3 Å². The highest BCUT2D eigenvalue weighted by molar-refractivity contribution is 5.81. The van der Waals surface area contributed by atoms with Crippen LogP contribution in [0.5, 0.6) is 0 Å². The number of amides is 2. The van der Waals surface area contributed by atoms with E-state index in [1.54, 1.807) is 0 Å². The molecule has 0 bridgehead atoms. The van der Waals surface area contributed by atoms with Gasteiger partial charge in [-0.3, -0.25) is 4.79 Å². The van der Waals surface area contributed by atoms with Gasteiger partial charge < -0.3 is 20.5 Å². The van der Waals surface area contributed by atoms with Crippen molar-refractivity contribution >= 4 is 18.0 Å². The number of carbonyl (C=O) groups excluding carboxylic acids is 2. The predicted octanol–water partition coefficient (Wildman–Crippen LogP) is 3.58. The Morgan fingerprint density at radius 3 is 2.30 bits per heavy atom. The molecule has 33 heavy (non-hydrogen) atoms. The van der Waals surface area contributed by atoms with Gasteiger partial charge in [-0.2, -0.15) is 0 Å². The number of ether oxygens (including phenoxy) is 1. The number of nitrogens with one attached hydrogen (secondary N) is 2. The van der Waals surface area contributed by atoms with Gasteiger partial charge in [0.25, 0.3) is 0 Å². The molecule has 0 saturated carbocycles. The molecule has 10 nitrogen and oxygen atoms in total. The van der Waals surface area contributed by atoms with E-state index in [1.807, 2.05) is 48.5 Å². The Morgan fingerprint density at radius 2 is 1.70 bits per heavy atom. The van der Waals surface area contributed by atoms with E-state index in [9.17, 15) is 19.5 Å². The van der Waals surface area contributed by atoms with Gasteiger partial charge in [0, 0.05) is 17.4 Å². The maximum absolute atomic E-state index is 12.3. The van der Waals surface area contributed by atoms with Gasteiger partial charge in [-0.15, -0.1) is 0 Å². The first kappa shape index (κ1) is 23.6. The van der Waals surface area contributed by atoms with Gasteiger partial charge in [0.2, 0.25) is 5.91 Å². The molecule has 2 aromatic carbocycles. The summed E-state index contributed by atoms with van der Waals surface area (Å²) in [5, 5.41) is 17.6. The van der Waals surface area contributed by atoms with Gasteiger partial charge in [0.05, 0.1) is 0 Å². The molecule has 0 unspecified atom stereocenters. The number of fused-ring (bicyclic) bond motifs is 3. The molecule has 0 fully saturated rings. The van der Waals surface area contributed by atoms with E-state index in [-0.39, 0.29) is 25.5 Å². The number of rotatable bonds is 11. The normalized spacial score (nSPS) is 12.6. The molecule has 1 atom stereocenters. The average molecular weight is 451 g/mol. The highest BCUT2D eigenvalue weighted by Gasteiger charge is 2.29. The second kappa shape index (κ2) is 11.5. The van der Waals surface area contributed by atoms with Crippen LogP contribution in [0.3, 0.4) is 0 Å². The molecule has 1 aliphatic carbocycles. The van der Waals surface area contributed by atoms with E-state index < -0.39 is 24.0 Å². The topological polar surface area (TPSA) is 153 Å². The molecule has 0 aromatic heterocycles. The Hall–Kier alpha value is -4.04. The highest BCUT2D eigenvalue weighted by atomic mass is 16.5. The van der Waals surface area contributed by atoms with Gasteiger partial charge >= 0.3 is 12.1 Å². The molecular weight excluding hydrogens is 426 g/mol. The summed E-state index contributed by atoms with van der Waals surface area (Å²) in [5.41, 5.74) is 12.5. The SMILES string of the molecule is [N-]=[N+]=NCC(=O)NCCCC[C@H](NC(=O)OCC1c2ccccc2-c2ccccc21)C(=O)O. The van der Waals surface area contributed by atoms with Crippen molar-refractivity contribution < 1.29 is 24.2 Å². The van der Waals surface area contributed by atoms with Gasteiger partial charge in [-0.25, -0.2) is 9.59 Å². The number of carboxylic acid groups (broad SMARTS) is 1. The molecule has 2 amide bonds. The summed E-state index contributed by atoms with van der Waals surface area (Å²) < 4.78 is 5.41. The summed E-state index contributed by atoms with van der Waals surface area (Å²) >= 11 is 0. The zero-order chi connectivity index (χ0) is 23.6. The fraction of sp³-hybridized carbons (Fsp3) is 0.348. The maximum atomic E-state index is 12.3. The van der Waals surface area contributed by atoms with E-state index in [0.717, 1.165) is 22.3 Å². The fourth-order valence-corrected chi connectivity index (χ4v) is 3.89. The van der Waals surface area contributed by atoms with Gasteiger partial charge in [0.1, 0.15) is 19.2 Å². The first-order valence-corrected chi connectivity index (χ1v) is 10.6. The Morgan fingerprint density at radius 1 is 1.06 bits per heavy atom. The lowest BCUT2D eigenvalue weighted by molar-refractivity contribution is -0.139. The first-order valence-electron chi connectivity index (χ1n) is 10.6. The van der Waals surface area contributed by atoms with Crippen molar-refractivity contribution in [1.29, 1.82) is 0 Å². The van der Waals surface area contributed by atoms with Crippen molar-refractivity contribution in [3.63, 3.8) is 0 Å². The summed E-state index contributed by atoms with van der Waals surface area (Å²) in [4.78, 5) is 37.7. The fourth-order valence-electron chi connectivity index (χ4n) is 3.89. The molecule has 0 radical (unpaired) electrons. The lowest BCUT2D eigenvalue weighted by atomic mass is 9.98. The van der Waals surface area contributed by atoms with Crippen LogP contribution in [-0.4, -0.2) is 48.8 Å². The quantitative estimate of drug-likeness (QED) is 0.206. The van der Waals surface area contributed by atoms with E-state index in [2.05, 4.69) is 20.7 Å². The number of carbonyl (C=O) groups is 3. The third kappa shape index (κ3) is 6.24. The number of azide groups is 1. The van der Waals surface area contributed by atoms with Crippen LogP contribution in [0.1, 0.15) is 36.3 Å². The summed E-state index contributed by atoms with van der Waals surface area (Å²) in [6.07, 6.45) is 0.374. The number of carboxylic acids is 1. The molecule has 0 saturated heterocycles. The molecule has 3 rings (SSSR count). The van der Waals surface area contributed by atoms with Crippen molar-refractivity contribution in [1.82, 2.24) is 10.6 Å². The zero-order valence-corrected chi connectivity index (χ0v) is 17.9. The minimum Gasteiger partial charge on any atom is -0.480 e. The number of hydrogen-bond donors (Lipinski definition) is 3. The molecule has 2 aromatic rings. The molecule has 0 spiro atoms. The summed E-state index contributed by atoms with van der Waals surface area (Å²) in [6, 6.07) is 14.8. The molecule has 1 aliphatic rings. The number of nitrogens with zero attached hydrogens (tertiary/aromatic N) is 3. The third-order valence-electron chi connectivity index (χ3n) is 5.45. The lowest BCUT2D eigenvalue weighted by Crippen LogP contribution is -2.41. The van der Waals surface area contributed by atoms with E-state index in [0.29, 0.717) is 19.4 Å². The van der Waals surface area contributed by atoms with Gasteiger partial charge in [-0.1, -0.05) is 53.6 Å². The monoisotopic (exact) mass is 451 g/mol. The molecule has 3 N–H and O–H groups in total. The van der Waals surface area contributed by atoms with Gasteiger partial charge in [-0.05, 0) is 47.0 Å². The Labute approximate surface area is 190 Å². The second-order valence-electron chi connectivity index (χ2n) is 7.60. The summed E-state index contributed by atoms with van der Waals surface area (Å²) in [5.74, 6) is -1.67. The molecule has 172 valence electrons. The Kier molecular flexibility index (Phi) is 8.26. The zero-order valence-electron chi connectivity index (χ0n) is 17.9. The van der Waals surface area contributed by atoms with Crippen LogP contribution in [0.15, 0.2) is 53.6 Å². The van der Waals surface area contributed by atoms with Crippen LogP contribution in [0.2, 0.25) is 0 Å². The van der Waals surface area contributed by atoms with Crippen molar-refractivity contribution in [3.05, 3.63) is 70.1 Å². The number of alkyl carbamates (subject to hydrolysis) is 1. The van der Waals surface area contributed by atoms with E-state index in [1.165, 1.54) is 0 Å². The second-order valence-corrected chi connectivity index (χ2v) is 7.60. The van der Waals surface area contributed by atoms with E-state index >= 15 is 0 Å². The van der Waals surface area contributed by atoms with Crippen molar-refractivity contribution in [2.24, 2.45) is 5.11 Å². The minimum atomic E-state index is -1.16. The van der Waals surface area contributed by atoms with Crippen LogP contribution in [0.4, 0.5) is 4.79 Å². The number of benzene rings is 2. The van der Waals surface area contributed by atoms with Crippen LogP contribution in [-0.2, 0) is 14.3 Å². The summed E-state index contributed by atoms with van der Waals surface area (Å²) in [6.45, 7) is 0.137. The Bertz CT molecular complexity index is 1020. The van der Waals surface area contributed by atoms with Crippen LogP contribution < -0.4 is 10.6 Å². The maximum Gasteiger partial charge on any atom is 0.407 e.